The van der Waals surface area contributed by atoms with E-state index in [2.05, 4.69) is 26.1 Å². The normalized spacial score (nSPS) is 17.6. The maximum atomic E-state index is 12.7. The summed E-state index contributed by atoms with van der Waals surface area (Å²) in [5.41, 5.74) is 0.774. The van der Waals surface area contributed by atoms with Crippen molar-refractivity contribution < 1.29 is 14.6 Å². The SMILES string of the molecule is CNC(C(=O)N1CCC(Oc2ccc(CO)cc2)CC1)C(C)(C)C. The summed E-state index contributed by atoms with van der Waals surface area (Å²) in [7, 11) is 1.85. The number of likely N-dealkylation sites (N-methyl/N-ethyl adjacent to an activating group) is 1. The van der Waals surface area contributed by atoms with Gasteiger partial charge >= 0.3 is 0 Å². The molecule has 1 aliphatic heterocycles. The Bertz CT molecular complexity index is 529. The van der Waals surface area contributed by atoms with Gasteiger partial charge in [-0.2, -0.15) is 0 Å². The zero-order chi connectivity index (χ0) is 17.7. The van der Waals surface area contributed by atoms with Crippen molar-refractivity contribution >= 4 is 5.91 Å². The Morgan fingerprint density at radius 2 is 1.88 bits per heavy atom. The molecule has 0 radical (unpaired) electrons. The first-order valence-electron chi connectivity index (χ1n) is 8.67. The van der Waals surface area contributed by atoms with Crippen molar-refractivity contribution in [1.82, 2.24) is 10.2 Å². The molecule has 0 bridgehead atoms. The number of aliphatic hydroxyl groups is 1. The van der Waals surface area contributed by atoms with E-state index in [1.54, 1.807) is 0 Å². The molecule has 1 aliphatic rings. The third-order valence-corrected chi connectivity index (χ3v) is 4.56. The minimum absolute atomic E-state index is 0.0428. The Balaban J connectivity index is 1.87. The molecule has 1 saturated heterocycles. The van der Waals surface area contributed by atoms with E-state index >= 15 is 0 Å². The highest BCUT2D eigenvalue weighted by Crippen LogP contribution is 2.24. The van der Waals surface area contributed by atoms with Gasteiger partial charge in [0, 0.05) is 25.9 Å². The Morgan fingerprint density at radius 3 is 2.33 bits per heavy atom. The second-order valence-corrected chi connectivity index (χ2v) is 7.53. The molecule has 1 aromatic rings. The van der Waals surface area contributed by atoms with Gasteiger partial charge in [0.1, 0.15) is 11.9 Å². The summed E-state index contributed by atoms with van der Waals surface area (Å²) in [5.74, 6) is 0.996. The lowest BCUT2D eigenvalue weighted by Gasteiger charge is -2.38. The summed E-state index contributed by atoms with van der Waals surface area (Å²) >= 11 is 0. The Labute approximate surface area is 145 Å². The molecule has 1 aromatic carbocycles. The van der Waals surface area contributed by atoms with Gasteiger partial charge in [-0.3, -0.25) is 4.79 Å². The number of benzene rings is 1. The number of carbonyl (C=O) groups is 1. The molecule has 5 nitrogen and oxygen atoms in total. The van der Waals surface area contributed by atoms with Crippen LogP contribution in [0.2, 0.25) is 0 Å². The number of hydrogen-bond acceptors (Lipinski definition) is 4. The van der Waals surface area contributed by atoms with Crippen molar-refractivity contribution in [3.8, 4) is 5.75 Å². The van der Waals surface area contributed by atoms with Gasteiger partial charge in [-0.1, -0.05) is 32.9 Å². The fourth-order valence-electron chi connectivity index (χ4n) is 3.17. The summed E-state index contributed by atoms with van der Waals surface area (Å²) in [6.07, 6.45) is 1.82. The predicted molar refractivity (Wildman–Crippen MR) is 94.9 cm³/mol. The zero-order valence-corrected chi connectivity index (χ0v) is 15.2. The number of amides is 1. The van der Waals surface area contributed by atoms with Gasteiger partial charge < -0.3 is 20.1 Å². The molecule has 0 spiro atoms. The number of ether oxygens (including phenoxy) is 1. The van der Waals surface area contributed by atoms with Gasteiger partial charge in [0.25, 0.3) is 0 Å². The molecule has 134 valence electrons. The third-order valence-electron chi connectivity index (χ3n) is 4.56. The molecular formula is C19H30N2O3. The van der Waals surface area contributed by atoms with Gasteiger partial charge in [0.05, 0.1) is 12.6 Å². The van der Waals surface area contributed by atoms with Crippen molar-refractivity contribution in [1.29, 1.82) is 0 Å². The van der Waals surface area contributed by atoms with Crippen molar-refractivity contribution in [2.75, 3.05) is 20.1 Å². The lowest BCUT2D eigenvalue weighted by atomic mass is 9.85. The van der Waals surface area contributed by atoms with Crippen molar-refractivity contribution in [3.63, 3.8) is 0 Å². The van der Waals surface area contributed by atoms with E-state index in [0.29, 0.717) is 0 Å². The smallest absolute Gasteiger partial charge is 0.240 e. The lowest BCUT2D eigenvalue weighted by Crippen LogP contribution is -2.54. The van der Waals surface area contributed by atoms with Crippen molar-refractivity contribution in [3.05, 3.63) is 29.8 Å². The average Bonchev–Trinajstić information content (AvgIpc) is 2.55. The maximum Gasteiger partial charge on any atom is 0.240 e. The maximum absolute atomic E-state index is 12.7. The summed E-state index contributed by atoms with van der Waals surface area (Å²) in [6, 6.07) is 7.35. The molecule has 0 aliphatic carbocycles. The first-order chi connectivity index (χ1) is 11.3. The Hall–Kier alpha value is -1.59. The number of rotatable bonds is 5. The summed E-state index contributed by atoms with van der Waals surface area (Å²) in [5, 5.41) is 12.2. The molecule has 1 heterocycles. The van der Waals surface area contributed by atoms with Crippen LogP contribution in [0.3, 0.4) is 0 Å². The van der Waals surface area contributed by atoms with Crippen LogP contribution >= 0.6 is 0 Å². The number of nitrogens with zero attached hydrogens (tertiary/aromatic N) is 1. The third kappa shape index (κ3) is 4.71. The molecule has 0 aromatic heterocycles. The Morgan fingerprint density at radius 1 is 1.29 bits per heavy atom. The van der Waals surface area contributed by atoms with E-state index in [-0.39, 0.29) is 30.1 Å². The van der Waals surface area contributed by atoms with E-state index in [0.717, 1.165) is 37.2 Å². The monoisotopic (exact) mass is 334 g/mol. The van der Waals surface area contributed by atoms with E-state index in [1.807, 2.05) is 36.2 Å². The zero-order valence-electron chi connectivity index (χ0n) is 15.2. The van der Waals surface area contributed by atoms with Crippen LogP contribution in [-0.4, -0.2) is 48.2 Å². The van der Waals surface area contributed by atoms with Crippen molar-refractivity contribution in [2.24, 2.45) is 5.41 Å². The van der Waals surface area contributed by atoms with E-state index < -0.39 is 0 Å². The van der Waals surface area contributed by atoms with Crippen molar-refractivity contribution in [2.45, 2.75) is 52.4 Å². The van der Waals surface area contributed by atoms with E-state index in [4.69, 9.17) is 9.84 Å². The standard InChI is InChI=1S/C19H30N2O3/c1-19(2,3)17(20-4)18(23)21-11-9-16(10-12-21)24-15-7-5-14(13-22)6-8-15/h5-8,16-17,20,22H,9-13H2,1-4H3. The van der Waals surface area contributed by atoms with Crippen LogP contribution < -0.4 is 10.1 Å². The highest BCUT2D eigenvalue weighted by Gasteiger charge is 2.34. The summed E-state index contributed by atoms with van der Waals surface area (Å²) < 4.78 is 6.00. The minimum atomic E-state index is -0.166. The van der Waals surface area contributed by atoms with Crippen LogP contribution in [0.25, 0.3) is 0 Å². The fraction of sp³-hybridized carbons (Fsp3) is 0.632. The molecule has 2 N–H and O–H groups in total. The van der Waals surface area contributed by atoms with Crippen LogP contribution in [0.4, 0.5) is 0 Å². The second-order valence-electron chi connectivity index (χ2n) is 7.53. The second kappa shape index (κ2) is 7.99. The topological polar surface area (TPSA) is 61.8 Å². The van der Waals surface area contributed by atoms with Crippen LogP contribution in [-0.2, 0) is 11.4 Å². The average molecular weight is 334 g/mol. The molecule has 5 heteroatoms. The molecule has 0 saturated carbocycles. The summed E-state index contributed by atoms with van der Waals surface area (Å²) in [6.45, 7) is 7.74. The molecule has 1 atom stereocenters. The predicted octanol–water partition coefficient (Wildman–Crippen LogP) is 2.18. The number of piperidine rings is 1. The van der Waals surface area contributed by atoms with E-state index in [1.165, 1.54) is 0 Å². The first kappa shape index (κ1) is 18.7. The first-order valence-corrected chi connectivity index (χ1v) is 8.67. The molecular weight excluding hydrogens is 304 g/mol. The van der Waals surface area contributed by atoms with Gasteiger partial charge in [0.2, 0.25) is 5.91 Å². The minimum Gasteiger partial charge on any atom is -0.490 e. The largest absolute Gasteiger partial charge is 0.490 e. The number of hydrogen-bond donors (Lipinski definition) is 2. The van der Waals surface area contributed by atoms with Gasteiger partial charge in [-0.15, -0.1) is 0 Å². The van der Waals surface area contributed by atoms with Crippen LogP contribution in [0.1, 0.15) is 39.2 Å². The quantitative estimate of drug-likeness (QED) is 0.866. The van der Waals surface area contributed by atoms with E-state index in [9.17, 15) is 4.79 Å². The van der Waals surface area contributed by atoms with Crippen LogP contribution in [0.5, 0.6) is 5.75 Å². The highest BCUT2D eigenvalue weighted by atomic mass is 16.5. The van der Waals surface area contributed by atoms with Crippen LogP contribution in [0.15, 0.2) is 24.3 Å². The van der Waals surface area contributed by atoms with Gasteiger partial charge in [-0.25, -0.2) is 0 Å². The molecule has 24 heavy (non-hydrogen) atoms. The highest BCUT2D eigenvalue weighted by molar-refractivity contribution is 5.82. The summed E-state index contributed by atoms with van der Waals surface area (Å²) in [4.78, 5) is 14.7. The molecule has 1 unspecified atom stereocenters. The van der Waals surface area contributed by atoms with Crippen LogP contribution in [0, 0.1) is 5.41 Å². The number of carbonyl (C=O) groups excluding carboxylic acids is 1. The molecule has 2 rings (SSSR count). The number of likely N-dealkylation sites (tertiary alicyclic amines) is 1. The molecule has 1 fully saturated rings. The Kier molecular flexibility index (Phi) is 6.24. The lowest BCUT2D eigenvalue weighted by molar-refractivity contribution is -0.137. The fourth-order valence-corrected chi connectivity index (χ4v) is 3.17. The molecule has 1 amide bonds. The number of aliphatic hydroxyl groups excluding tert-OH is 1. The van der Waals surface area contributed by atoms with Gasteiger partial charge in [0.15, 0.2) is 0 Å². The number of nitrogens with one attached hydrogen (secondary N) is 1. The van der Waals surface area contributed by atoms with Gasteiger partial charge in [-0.05, 0) is 30.2 Å².